The van der Waals surface area contributed by atoms with Crippen LogP contribution in [-0.4, -0.2) is 32.7 Å². The van der Waals surface area contributed by atoms with Crippen molar-refractivity contribution in [3.05, 3.63) is 23.4 Å². The third-order valence-corrected chi connectivity index (χ3v) is 2.55. The fraction of sp³-hybridized carbons (Fsp3) is 0.533. The van der Waals surface area contributed by atoms with Gasteiger partial charge in [0.2, 0.25) is 0 Å². The van der Waals surface area contributed by atoms with Gasteiger partial charge in [-0.25, -0.2) is 0 Å². The van der Waals surface area contributed by atoms with E-state index in [9.17, 15) is 0 Å². The van der Waals surface area contributed by atoms with E-state index in [0.717, 1.165) is 43.5 Å². The summed E-state index contributed by atoms with van der Waals surface area (Å²) in [6.07, 6.45) is 11.8. The summed E-state index contributed by atoms with van der Waals surface area (Å²) in [5.41, 5.74) is 5.26. The van der Waals surface area contributed by atoms with Gasteiger partial charge in [-0.05, 0) is 51.8 Å². The van der Waals surface area contributed by atoms with Crippen LogP contribution in [0.25, 0.3) is 0 Å². The second-order valence-electron chi connectivity index (χ2n) is 4.16. The minimum absolute atomic E-state index is 0.779. The van der Waals surface area contributed by atoms with E-state index in [0.29, 0.717) is 0 Å². The molecule has 0 aromatic rings. The van der Waals surface area contributed by atoms with Crippen molar-refractivity contribution in [2.24, 2.45) is 15.1 Å². The smallest absolute Gasteiger partial charge is 0.0385 e. The van der Waals surface area contributed by atoms with E-state index in [1.54, 1.807) is 7.05 Å². The lowest BCUT2D eigenvalue weighted by Gasteiger charge is -2.06. The number of hydrazone groups is 1. The van der Waals surface area contributed by atoms with Crippen molar-refractivity contribution in [1.29, 1.82) is 0 Å². The first kappa shape index (κ1) is 17.3. The van der Waals surface area contributed by atoms with Crippen molar-refractivity contribution in [3.63, 3.8) is 0 Å². The molecule has 0 amide bonds. The average molecular weight is 262 g/mol. The van der Waals surface area contributed by atoms with Crippen LogP contribution < -0.4 is 5.43 Å². The highest BCUT2D eigenvalue weighted by molar-refractivity contribution is 5.79. The van der Waals surface area contributed by atoms with E-state index < -0.39 is 0 Å². The van der Waals surface area contributed by atoms with Gasteiger partial charge in [0.05, 0.1) is 0 Å². The number of unbranched alkanes of at least 4 members (excludes halogenated alkanes) is 1. The maximum absolute atomic E-state index is 4.21. The molecule has 0 aliphatic carbocycles. The molecule has 0 fully saturated rings. The van der Waals surface area contributed by atoms with Crippen LogP contribution in [0, 0.1) is 0 Å². The van der Waals surface area contributed by atoms with Gasteiger partial charge in [0.25, 0.3) is 0 Å². The van der Waals surface area contributed by atoms with E-state index in [4.69, 9.17) is 0 Å². The van der Waals surface area contributed by atoms with Crippen LogP contribution in [0.5, 0.6) is 0 Å². The van der Waals surface area contributed by atoms with Gasteiger partial charge in [-0.15, -0.1) is 0 Å². The molecule has 0 spiro atoms. The summed E-state index contributed by atoms with van der Waals surface area (Å²) in [6, 6.07) is 0. The van der Waals surface area contributed by atoms with Crippen LogP contribution >= 0.6 is 0 Å². The van der Waals surface area contributed by atoms with E-state index in [1.807, 2.05) is 26.3 Å². The maximum atomic E-state index is 4.21. The lowest BCUT2D eigenvalue weighted by Crippen LogP contribution is -2.07. The third kappa shape index (κ3) is 9.94. The van der Waals surface area contributed by atoms with E-state index >= 15 is 0 Å². The predicted octanol–water partition coefficient (Wildman–Crippen LogP) is 3.37. The van der Waals surface area contributed by atoms with E-state index in [1.165, 1.54) is 0 Å². The topological polar surface area (TPSA) is 49.1 Å². The molecule has 0 aliphatic heterocycles. The Morgan fingerprint density at radius 1 is 1.32 bits per heavy atom. The molecule has 0 radical (unpaired) electrons. The summed E-state index contributed by atoms with van der Waals surface area (Å²) in [5.74, 6) is 0. The molecule has 0 atom stereocenters. The highest BCUT2D eigenvalue weighted by Crippen LogP contribution is 2.07. The molecule has 0 heterocycles. The molecule has 0 aliphatic rings. The molecule has 19 heavy (non-hydrogen) atoms. The predicted molar refractivity (Wildman–Crippen MR) is 86.4 cm³/mol. The van der Waals surface area contributed by atoms with Crippen molar-refractivity contribution in [3.8, 4) is 0 Å². The van der Waals surface area contributed by atoms with Gasteiger partial charge in [0.1, 0.15) is 0 Å². The van der Waals surface area contributed by atoms with Gasteiger partial charge in [-0.1, -0.05) is 12.2 Å². The highest BCUT2D eigenvalue weighted by Gasteiger charge is 1.99. The number of aliphatic imine (C=N–C) groups is 2. The summed E-state index contributed by atoms with van der Waals surface area (Å²) >= 11 is 0. The quantitative estimate of drug-likeness (QED) is 0.279. The van der Waals surface area contributed by atoms with Gasteiger partial charge in [-0.3, -0.25) is 10.4 Å². The van der Waals surface area contributed by atoms with Crippen LogP contribution in [0.2, 0.25) is 0 Å². The first-order valence-corrected chi connectivity index (χ1v) is 6.69. The van der Waals surface area contributed by atoms with Crippen LogP contribution in [0.1, 0.15) is 39.5 Å². The average Bonchev–Trinajstić information content (AvgIpc) is 2.41. The summed E-state index contributed by atoms with van der Waals surface area (Å²) in [6.45, 7) is 8.31. The molecule has 0 saturated carbocycles. The third-order valence-electron chi connectivity index (χ3n) is 2.55. The molecule has 106 valence electrons. The summed E-state index contributed by atoms with van der Waals surface area (Å²) in [7, 11) is 1.78. The number of allylic oxidation sites excluding steroid dienone is 4. The monoisotopic (exact) mass is 262 g/mol. The van der Waals surface area contributed by atoms with Gasteiger partial charge in [0.15, 0.2) is 0 Å². The van der Waals surface area contributed by atoms with Crippen molar-refractivity contribution < 1.29 is 0 Å². The Labute approximate surface area is 117 Å². The number of nitrogens with one attached hydrogen (secondary N) is 1. The highest BCUT2D eigenvalue weighted by atomic mass is 15.3. The molecule has 0 bridgehead atoms. The van der Waals surface area contributed by atoms with E-state index in [2.05, 4.69) is 39.4 Å². The van der Waals surface area contributed by atoms with Crippen LogP contribution in [0.15, 0.2) is 38.5 Å². The number of rotatable bonds is 10. The molecule has 0 aromatic carbocycles. The fourth-order valence-corrected chi connectivity index (χ4v) is 1.50. The number of hydrogen-bond acceptors (Lipinski definition) is 4. The van der Waals surface area contributed by atoms with Crippen LogP contribution in [-0.2, 0) is 0 Å². The van der Waals surface area contributed by atoms with Crippen molar-refractivity contribution in [2.45, 2.75) is 39.5 Å². The van der Waals surface area contributed by atoms with Gasteiger partial charge in [0, 0.05) is 31.7 Å². The van der Waals surface area contributed by atoms with Crippen molar-refractivity contribution >= 4 is 19.1 Å². The maximum Gasteiger partial charge on any atom is 0.0385 e. The standard InChI is InChI=1S/C15H26N4/c1-5-6-7-8-12-18-19-14(2)15(13-17-4)10-9-11-16-3/h5-6,12-13,19H,3,7-11H2,1-2,4H3/b6-5+,15-14?,17-13?,18-12-. The zero-order chi connectivity index (χ0) is 14.3. The van der Waals surface area contributed by atoms with E-state index in [-0.39, 0.29) is 0 Å². The summed E-state index contributed by atoms with van der Waals surface area (Å²) in [4.78, 5) is 7.93. The lowest BCUT2D eigenvalue weighted by molar-refractivity contribution is 0.809. The fourth-order valence-electron chi connectivity index (χ4n) is 1.50. The molecule has 4 heteroatoms. The Hall–Kier alpha value is -1.71. The summed E-state index contributed by atoms with van der Waals surface area (Å²) < 4.78 is 0. The Morgan fingerprint density at radius 3 is 2.74 bits per heavy atom. The minimum Gasteiger partial charge on any atom is -0.301 e. The molecule has 0 rings (SSSR count). The van der Waals surface area contributed by atoms with Crippen molar-refractivity contribution in [1.82, 2.24) is 5.43 Å². The first-order valence-electron chi connectivity index (χ1n) is 6.69. The molecule has 0 aromatic heterocycles. The molecule has 4 nitrogen and oxygen atoms in total. The second-order valence-corrected chi connectivity index (χ2v) is 4.16. The van der Waals surface area contributed by atoms with Gasteiger partial charge in [-0.2, -0.15) is 5.10 Å². The molecular formula is C15H26N4. The van der Waals surface area contributed by atoms with Gasteiger partial charge >= 0.3 is 0 Å². The Balaban J connectivity index is 4.28. The Kier molecular flexibility index (Phi) is 11.6. The minimum atomic E-state index is 0.779. The number of nitrogens with zero attached hydrogens (tertiary/aromatic N) is 3. The lowest BCUT2D eigenvalue weighted by atomic mass is 10.1. The SMILES string of the molecule is C=NCCCC(C=NC)=C(C)N/N=C\CC/C=C/C. The largest absolute Gasteiger partial charge is 0.301 e. The zero-order valence-corrected chi connectivity index (χ0v) is 12.4. The summed E-state index contributed by atoms with van der Waals surface area (Å²) in [5, 5.41) is 4.21. The Bertz CT molecular complexity index is 351. The van der Waals surface area contributed by atoms with Gasteiger partial charge < -0.3 is 4.99 Å². The normalized spacial score (nSPS) is 13.4. The first-order chi connectivity index (χ1) is 9.26. The zero-order valence-electron chi connectivity index (χ0n) is 12.4. The number of hydrogen-bond donors (Lipinski definition) is 1. The molecule has 1 N–H and O–H groups in total. The molecule has 0 unspecified atom stereocenters. The second kappa shape index (κ2) is 12.7. The van der Waals surface area contributed by atoms with Crippen molar-refractivity contribution in [2.75, 3.05) is 13.6 Å². The molecule has 0 saturated heterocycles. The van der Waals surface area contributed by atoms with Crippen LogP contribution in [0.3, 0.4) is 0 Å². The Morgan fingerprint density at radius 2 is 2.11 bits per heavy atom. The van der Waals surface area contributed by atoms with Crippen LogP contribution in [0.4, 0.5) is 0 Å². The molecular weight excluding hydrogens is 236 g/mol.